The molecule has 0 unspecified atom stereocenters. The monoisotopic (exact) mass is 419 g/mol. The lowest BCUT2D eigenvalue weighted by molar-refractivity contribution is -0.174. The van der Waals surface area contributed by atoms with Crippen LogP contribution in [0.1, 0.15) is 32.8 Å². The molecule has 0 spiro atoms. The predicted octanol–water partition coefficient (Wildman–Crippen LogP) is 3.90. The smallest absolute Gasteiger partial charge is 0.410 e. The van der Waals surface area contributed by atoms with Crippen molar-refractivity contribution in [3.8, 4) is 0 Å². The lowest BCUT2D eigenvalue weighted by atomic mass is 9.99. The van der Waals surface area contributed by atoms with Crippen LogP contribution in [0.15, 0.2) is 18.2 Å². The Kier molecular flexibility index (Phi) is 9.38. The second-order valence-corrected chi connectivity index (χ2v) is 7.06. The third-order valence-electron chi connectivity index (χ3n) is 3.62. The molecule has 0 heterocycles. The standard InChI is InChI=1S/C18H23Cl2NO6/c1-4-15(22)26-17(10(2)3)27-18(25)21-9-12(16(23)24)7-11-8-13(19)5-6-14(11)20/h5-6,8,10,12,17H,4,7,9H2,1-3H3,(H,21,25)(H,23,24)/t12-,17+/m0/s1. The molecule has 7 nitrogen and oxygen atoms in total. The lowest BCUT2D eigenvalue weighted by Gasteiger charge is -2.22. The summed E-state index contributed by atoms with van der Waals surface area (Å²) < 4.78 is 10.1. The van der Waals surface area contributed by atoms with Crippen LogP contribution in [0, 0.1) is 11.8 Å². The number of rotatable bonds is 9. The van der Waals surface area contributed by atoms with Gasteiger partial charge in [-0.25, -0.2) is 4.79 Å². The van der Waals surface area contributed by atoms with Gasteiger partial charge in [-0.05, 0) is 30.2 Å². The normalized spacial score (nSPS) is 13.0. The van der Waals surface area contributed by atoms with Crippen molar-refractivity contribution in [3.63, 3.8) is 0 Å². The van der Waals surface area contributed by atoms with E-state index in [1.54, 1.807) is 39.0 Å². The minimum absolute atomic E-state index is 0.0768. The van der Waals surface area contributed by atoms with E-state index in [-0.39, 0.29) is 25.3 Å². The minimum atomic E-state index is -1.11. The number of carboxylic acids is 1. The van der Waals surface area contributed by atoms with Gasteiger partial charge < -0.3 is 19.9 Å². The number of carboxylic acid groups (broad SMARTS) is 1. The Bertz CT molecular complexity index is 680. The quantitative estimate of drug-likeness (QED) is 0.464. The molecule has 2 N–H and O–H groups in total. The van der Waals surface area contributed by atoms with Gasteiger partial charge in [0.1, 0.15) is 0 Å². The number of esters is 1. The molecule has 27 heavy (non-hydrogen) atoms. The van der Waals surface area contributed by atoms with Crippen LogP contribution >= 0.6 is 23.2 Å². The zero-order valence-electron chi connectivity index (χ0n) is 15.3. The molecule has 0 saturated carbocycles. The van der Waals surface area contributed by atoms with Gasteiger partial charge >= 0.3 is 18.0 Å². The van der Waals surface area contributed by atoms with Gasteiger partial charge in [0, 0.05) is 28.9 Å². The Labute approximate surface area is 167 Å². The zero-order valence-corrected chi connectivity index (χ0v) is 16.8. The SMILES string of the molecule is CCC(=O)O[C@H](OC(=O)NC[C@H](Cc1cc(Cl)ccc1Cl)C(=O)O)C(C)C. The summed E-state index contributed by atoms with van der Waals surface area (Å²) in [6, 6.07) is 4.76. The first-order valence-electron chi connectivity index (χ1n) is 8.44. The molecule has 0 fully saturated rings. The zero-order chi connectivity index (χ0) is 20.6. The molecule has 9 heteroatoms. The first-order valence-corrected chi connectivity index (χ1v) is 9.20. The van der Waals surface area contributed by atoms with E-state index in [2.05, 4.69) is 5.32 Å². The number of hydrogen-bond donors (Lipinski definition) is 2. The van der Waals surface area contributed by atoms with Crippen molar-refractivity contribution >= 4 is 41.2 Å². The topological polar surface area (TPSA) is 102 Å². The van der Waals surface area contributed by atoms with E-state index in [0.29, 0.717) is 15.6 Å². The number of aliphatic carboxylic acids is 1. The fourth-order valence-corrected chi connectivity index (χ4v) is 2.46. The second-order valence-electron chi connectivity index (χ2n) is 6.22. The molecule has 1 aromatic rings. The van der Waals surface area contributed by atoms with Crippen molar-refractivity contribution in [2.24, 2.45) is 11.8 Å². The largest absolute Gasteiger partial charge is 0.481 e. The summed E-state index contributed by atoms with van der Waals surface area (Å²) >= 11 is 12.0. The number of alkyl carbamates (subject to hydrolysis) is 1. The highest BCUT2D eigenvalue weighted by Crippen LogP contribution is 2.23. The second kappa shape index (κ2) is 11.0. The molecule has 1 rings (SSSR count). The van der Waals surface area contributed by atoms with Crippen LogP contribution in [0.3, 0.4) is 0 Å². The molecule has 1 aromatic carbocycles. The van der Waals surface area contributed by atoms with Crippen LogP contribution in [0.25, 0.3) is 0 Å². The lowest BCUT2D eigenvalue weighted by Crippen LogP contribution is -2.38. The number of benzene rings is 1. The van der Waals surface area contributed by atoms with Gasteiger partial charge in [-0.15, -0.1) is 0 Å². The van der Waals surface area contributed by atoms with Gasteiger partial charge in [-0.3, -0.25) is 9.59 Å². The van der Waals surface area contributed by atoms with Crippen LogP contribution in [-0.4, -0.2) is 36.0 Å². The third kappa shape index (κ3) is 8.05. The van der Waals surface area contributed by atoms with Crippen molar-refractivity contribution in [2.45, 2.75) is 39.9 Å². The maximum Gasteiger partial charge on any atom is 0.410 e. The van der Waals surface area contributed by atoms with Crippen LogP contribution < -0.4 is 5.32 Å². The Morgan fingerprint density at radius 2 is 1.85 bits per heavy atom. The summed E-state index contributed by atoms with van der Waals surface area (Å²) in [5, 5.41) is 12.6. The van der Waals surface area contributed by atoms with Gasteiger partial charge in [0.25, 0.3) is 6.29 Å². The Balaban J connectivity index is 2.67. The fourth-order valence-electron chi connectivity index (χ4n) is 2.07. The number of amides is 1. The van der Waals surface area contributed by atoms with E-state index >= 15 is 0 Å². The molecule has 0 radical (unpaired) electrons. The van der Waals surface area contributed by atoms with E-state index in [4.69, 9.17) is 32.7 Å². The molecule has 0 aliphatic rings. The fraction of sp³-hybridized carbons (Fsp3) is 0.500. The van der Waals surface area contributed by atoms with E-state index in [1.807, 2.05) is 0 Å². The first-order chi connectivity index (χ1) is 12.6. The van der Waals surface area contributed by atoms with E-state index in [9.17, 15) is 19.5 Å². The van der Waals surface area contributed by atoms with Crippen molar-refractivity contribution in [1.82, 2.24) is 5.32 Å². The van der Waals surface area contributed by atoms with E-state index in [0.717, 1.165) is 0 Å². The molecule has 0 aromatic heterocycles. The Morgan fingerprint density at radius 3 is 2.41 bits per heavy atom. The van der Waals surface area contributed by atoms with Crippen molar-refractivity contribution in [1.29, 1.82) is 0 Å². The van der Waals surface area contributed by atoms with Gasteiger partial charge in [-0.1, -0.05) is 44.0 Å². The average molecular weight is 420 g/mol. The molecule has 0 bridgehead atoms. The Morgan fingerprint density at radius 1 is 1.19 bits per heavy atom. The van der Waals surface area contributed by atoms with Crippen molar-refractivity contribution < 1.29 is 29.0 Å². The third-order valence-corrected chi connectivity index (χ3v) is 4.22. The highest BCUT2D eigenvalue weighted by Gasteiger charge is 2.24. The number of halogens is 2. The first kappa shape index (κ1) is 23.0. The van der Waals surface area contributed by atoms with Crippen LogP contribution in [0.5, 0.6) is 0 Å². The number of ether oxygens (including phenoxy) is 2. The molecule has 0 saturated heterocycles. The van der Waals surface area contributed by atoms with Crippen molar-refractivity contribution in [3.05, 3.63) is 33.8 Å². The molecule has 150 valence electrons. The Hall–Kier alpha value is -1.99. The summed E-state index contributed by atoms with van der Waals surface area (Å²) in [6.07, 6.45) is -1.70. The number of nitrogens with one attached hydrogen (secondary N) is 1. The maximum absolute atomic E-state index is 12.0. The molecule has 1 amide bonds. The van der Waals surface area contributed by atoms with E-state index in [1.165, 1.54) is 0 Å². The highest BCUT2D eigenvalue weighted by atomic mass is 35.5. The van der Waals surface area contributed by atoms with Gasteiger partial charge in [0.15, 0.2) is 0 Å². The summed E-state index contributed by atoms with van der Waals surface area (Å²) in [6.45, 7) is 4.88. The molecular formula is C18H23Cl2NO6. The summed E-state index contributed by atoms with van der Waals surface area (Å²) in [5.74, 6) is -2.80. The number of hydrogen-bond acceptors (Lipinski definition) is 5. The maximum atomic E-state index is 12.0. The molecule has 0 aliphatic heterocycles. The van der Waals surface area contributed by atoms with Crippen LogP contribution in [-0.2, 0) is 25.5 Å². The van der Waals surface area contributed by atoms with Crippen LogP contribution in [0.4, 0.5) is 4.79 Å². The van der Waals surface area contributed by atoms with Crippen LogP contribution in [0.2, 0.25) is 10.0 Å². The average Bonchev–Trinajstić information content (AvgIpc) is 2.60. The highest BCUT2D eigenvalue weighted by molar-refractivity contribution is 6.33. The van der Waals surface area contributed by atoms with Crippen molar-refractivity contribution in [2.75, 3.05) is 6.54 Å². The minimum Gasteiger partial charge on any atom is -0.481 e. The van der Waals surface area contributed by atoms with Gasteiger partial charge in [0.2, 0.25) is 0 Å². The summed E-state index contributed by atoms with van der Waals surface area (Å²) in [4.78, 5) is 34.8. The molecule has 0 aliphatic carbocycles. The summed E-state index contributed by atoms with van der Waals surface area (Å²) in [5.41, 5.74) is 0.559. The summed E-state index contributed by atoms with van der Waals surface area (Å²) in [7, 11) is 0. The molecular weight excluding hydrogens is 397 g/mol. The van der Waals surface area contributed by atoms with Gasteiger partial charge in [0.05, 0.1) is 5.92 Å². The number of carbonyl (C=O) groups is 3. The van der Waals surface area contributed by atoms with E-state index < -0.39 is 30.2 Å². The predicted molar refractivity (Wildman–Crippen MR) is 101 cm³/mol. The molecule has 2 atom stereocenters. The van der Waals surface area contributed by atoms with Gasteiger partial charge in [-0.2, -0.15) is 0 Å². The number of carbonyl (C=O) groups excluding carboxylic acids is 2.